The predicted octanol–water partition coefficient (Wildman–Crippen LogP) is 2.93. The lowest BCUT2D eigenvalue weighted by atomic mass is 10.2. The normalized spacial score (nSPS) is 11.2. The maximum Gasteiger partial charge on any atom is 0.573 e. The van der Waals surface area contributed by atoms with Gasteiger partial charge >= 0.3 is 6.36 Å². The van der Waals surface area contributed by atoms with Gasteiger partial charge in [-0.2, -0.15) is 5.10 Å². The van der Waals surface area contributed by atoms with Crippen LogP contribution in [0.3, 0.4) is 0 Å². The molecule has 0 radical (unpaired) electrons. The van der Waals surface area contributed by atoms with Crippen molar-refractivity contribution in [1.82, 2.24) is 10.2 Å². The number of aromatic amines is 1. The first-order valence-electron chi connectivity index (χ1n) is 5.67. The van der Waals surface area contributed by atoms with E-state index in [4.69, 9.17) is 11.6 Å². The number of nitrogens with one attached hydrogen (secondary N) is 2. The fourth-order valence-electron chi connectivity index (χ4n) is 1.57. The third-order valence-electron chi connectivity index (χ3n) is 2.46. The predicted molar refractivity (Wildman–Crippen MR) is 70.3 cm³/mol. The third kappa shape index (κ3) is 4.12. The van der Waals surface area contributed by atoms with Gasteiger partial charge in [0.1, 0.15) is 10.8 Å². The summed E-state index contributed by atoms with van der Waals surface area (Å²) >= 11 is 5.75. The van der Waals surface area contributed by atoms with E-state index in [-0.39, 0.29) is 28.6 Å². The standard InChI is InChI=1S/C12H9ClF3N3O2/c13-10-8(6-18-19-11(10)20)17-5-7-3-1-2-4-9(7)21-12(14,15)16/h1-4,6H,5H2,(H2,17,19,20). The number of hydrogen-bond acceptors (Lipinski definition) is 4. The van der Waals surface area contributed by atoms with Gasteiger partial charge in [-0.15, -0.1) is 13.2 Å². The van der Waals surface area contributed by atoms with E-state index in [0.29, 0.717) is 0 Å². The molecular weight excluding hydrogens is 311 g/mol. The maximum atomic E-state index is 12.3. The van der Waals surface area contributed by atoms with Crippen molar-refractivity contribution in [1.29, 1.82) is 0 Å². The van der Waals surface area contributed by atoms with Crippen LogP contribution in [-0.2, 0) is 6.54 Å². The van der Waals surface area contributed by atoms with E-state index in [0.717, 1.165) is 0 Å². The smallest absolute Gasteiger partial charge is 0.405 e. The number of nitrogens with zero attached hydrogens (tertiary/aromatic N) is 1. The Bertz CT molecular complexity index is 688. The Hall–Kier alpha value is -2.22. The molecule has 5 nitrogen and oxygen atoms in total. The molecule has 0 amide bonds. The van der Waals surface area contributed by atoms with Crippen LogP contribution in [-0.4, -0.2) is 16.6 Å². The monoisotopic (exact) mass is 319 g/mol. The van der Waals surface area contributed by atoms with E-state index in [2.05, 4.69) is 20.3 Å². The second kappa shape index (κ2) is 6.04. The molecule has 0 atom stereocenters. The molecule has 0 aliphatic rings. The number of ether oxygens (including phenoxy) is 1. The lowest BCUT2D eigenvalue weighted by Crippen LogP contribution is -2.18. The van der Waals surface area contributed by atoms with E-state index in [9.17, 15) is 18.0 Å². The Morgan fingerprint density at radius 3 is 2.76 bits per heavy atom. The molecule has 0 aliphatic heterocycles. The van der Waals surface area contributed by atoms with Gasteiger partial charge in [0.2, 0.25) is 0 Å². The van der Waals surface area contributed by atoms with Crippen LogP contribution in [0.2, 0.25) is 5.02 Å². The summed E-state index contributed by atoms with van der Waals surface area (Å²) in [6.45, 7) is -0.0168. The highest BCUT2D eigenvalue weighted by molar-refractivity contribution is 6.32. The summed E-state index contributed by atoms with van der Waals surface area (Å²) in [5, 5.41) is 8.28. The van der Waals surface area contributed by atoms with Crippen LogP contribution >= 0.6 is 11.6 Å². The zero-order valence-electron chi connectivity index (χ0n) is 10.4. The highest BCUT2D eigenvalue weighted by Gasteiger charge is 2.31. The number of benzene rings is 1. The van der Waals surface area contributed by atoms with Crippen molar-refractivity contribution in [2.75, 3.05) is 5.32 Å². The first-order chi connectivity index (χ1) is 9.87. The van der Waals surface area contributed by atoms with Gasteiger partial charge in [-0.25, -0.2) is 5.10 Å². The zero-order valence-corrected chi connectivity index (χ0v) is 11.1. The number of halogens is 4. The lowest BCUT2D eigenvalue weighted by Gasteiger charge is -2.14. The molecule has 0 unspecified atom stereocenters. The summed E-state index contributed by atoms with van der Waals surface area (Å²) < 4.78 is 40.8. The molecule has 1 aromatic heterocycles. The van der Waals surface area contributed by atoms with Crippen LogP contribution < -0.4 is 15.6 Å². The molecule has 1 aromatic carbocycles. The summed E-state index contributed by atoms with van der Waals surface area (Å²) in [6, 6.07) is 5.65. The van der Waals surface area contributed by atoms with E-state index in [1.165, 1.54) is 24.4 Å². The molecule has 0 spiro atoms. The summed E-state index contributed by atoms with van der Waals surface area (Å²) in [6.07, 6.45) is -3.52. The van der Waals surface area contributed by atoms with Crippen molar-refractivity contribution in [3.8, 4) is 5.75 Å². The van der Waals surface area contributed by atoms with Crippen LogP contribution in [0.15, 0.2) is 35.3 Å². The van der Waals surface area contributed by atoms with E-state index < -0.39 is 11.9 Å². The fourth-order valence-corrected chi connectivity index (χ4v) is 1.73. The van der Waals surface area contributed by atoms with Crippen LogP contribution in [0.1, 0.15) is 5.56 Å². The largest absolute Gasteiger partial charge is 0.573 e. The molecule has 0 fully saturated rings. The van der Waals surface area contributed by atoms with Crippen molar-refractivity contribution in [2.24, 2.45) is 0 Å². The van der Waals surface area contributed by atoms with Crippen molar-refractivity contribution in [3.05, 3.63) is 51.4 Å². The van der Waals surface area contributed by atoms with E-state index in [1.54, 1.807) is 6.07 Å². The highest BCUT2D eigenvalue weighted by Crippen LogP contribution is 2.27. The van der Waals surface area contributed by atoms with Gasteiger partial charge < -0.3 is 10.1 Å². The van der Waals surface area contributed by atoms with E-state index >= 15 is 0 Å². The van der Waals surface area contributed by atoms with Gasteiger partial charge in [0, 0.05) is 12.1 Å². The van der Waals surface area contributed by atoms with Crippen LogP contribution in [0, 0.1) is 0 Å². The summed E-state index contributed by atoms with van der Waals surface area (Å²) in [4.78, 5) is 11.2. The number of hydrogen-bond donors (Lipinski definition) is 2. The SMILES string of the molecule is O=c1[nH]ncc(NCc2ccccc2OC(F)(F)F)c1Cl. The Morgan fingerprint density at radius 2 is 2.05 bits per heavy atom. The number of anilines is 1. The van der Waals surface area contributed by atoms with Crippen LogP contribution in [0.25, 0.3) is 0 Å². The Kier molecular flexibility index (Phi) is 4.37. The highest BCUT2D eigenvalue weighted by atomic mass is 35.5. The van der Waals surface area contributed by atoms with Crippen molar-refractivity contribution in [2.45, 2.75) is 12.9 Å². The molecule has 2 N–H and O–H groups in total. The molecule has 21 heavy (non-hydrogen) atoms. The topological polar surface area (TPSA) is 67.0 Å². The van der Waals surface area contributed by atoms with Gasteiger partial charge in [0.15, 0.2) is 0 Å². The molecular formula is C12H9ClF3N3O2. The molecule has 1 heterocycles. The molecule has 9 heteroatoms. The zero-order chi connectivity index (χ0) is 15.5. The molecule has 2 aromatic rings. The van der Waals surface area contributed by atoms with Crippen LogP contribution in [0.5, 0.6) is 5.75 Å². The Balaban J connectivity index is 2.17. The van der Waals surface area contributed by atoms with Crippen molar-refractivity contribution >= 4 is 17.3 Å². The van der Waals surface area contributed by atoms with E-state index in [1.807, 2.05) is 0 Å². The third-order valence-corrected chi connectivity index (χ3v) is 2.84. The average Bonchev–Trinajstić information content (AvgIpc) is 2.40. The first-order valence-corrected chi connectivity index (χ1v) is 6.05. The molecule has 0 saturated heterocycles. The van der Waals surface area contributed by atoms with Gasteiger partial charge in [-0.3, -0.25) is 4.79 Å². The molecule has 0 saturated carbocycles. The number of rotatable bonds is 4. The quantitative estimate of drug-likeness (QED) is 0.909. The van der Waals surface area contributed by atoms with Gasteiger partial charge in [0.05, 0.1) is 11.9 Å². The fraction of sp³-hybridized carbons (Fsp3) is 0.167. The minimum absolute atomic E-state index is 0.0168. The van der Waals surface area contributed by atoms with Crippen LogP contribution in [0.4, 0.5) is 18.9 Å². The molecule has 112 valence electrons. The number of aromatic nitrogens is 2. The molecule has 0 aliphatic carbocycles. The minimum atomic E-state index is -4.78. The minimum Gasteiger partial charge on any atom is -0.405 e. The first kappa shape index (κ1) is 15.2. The number of alkyl halides is 3. The van der Waals surface area contributed by atoms with Crippen molar-refractivity contribution < 1.29 is 17.9 Å². The summed E-state index contributed by atoms with van der Waals surface area (Å²) in [7, 11) is 0. The van der Waals surface area contributed by atoms with Gasteiger partial charge in [0.25, 0.3) is 5.56 Å². The number of para-hydroxylation sites is 1. The average molecular weight is 320 g/mol. The second-order valence-electron chi connectivity index (χ2n) is 3.94. The summed E-state index contributed by atoms with van der Waals surface area (Å²) in [5.74, 6) is -0.327. The molecule has 2 rings (SSSR count). The maximum absolute atomic E-state index is 12.3. The Labute approximate surface area is 121 Å². The number of H-pyrrole nitrogens is 1. The molecule has 0 bridgehead atoms. The lowest BCUT2D eigenvalue weighted by molar-refractivity contribution is -0.274. The van der Waals surface area contributed by atoms with Gasteiger partial charge in [-0.1, -0.05) is 29.8 Å². The van der Waals surface area contributed by atoms with Gasteiger partial charge in [-0.05, 0) is 6.07 Å². The second-order valence-corrected chi connectivity index (χ2v) is 4.31. The Morgan fingerprint density at radius 1 is 1.33 bits per heavy atom. The van der Waals surface area contributed by atoms with Crippen molar-refractivity contribution in [3.63, 3.8) is 0 Å². The summed E-state index contributed by atoms with van der Waals surface area (Å²) in [5.41, 5.74) is -0.130.